The molecule has 0 saturated carbocycles. The van der Waals surface area contributed by atoms with E-state index >= 15 is 0 Å². The van der Waals surface area contributed by atoms with Crippen molar-refractivity contribution in [1.82, 2.24) is 9.55 Å². The van der Waals surface area contributed by atoms with Crippen LogP contribution in [0.5, 0.6) is 11.5 Å². The number of ether oxygens (including phenoxy) is 2. The maximum Gasteiger partial charge on any atom is 0.200 e. The molecule has 0 aliphatic rings. The van der Waals surface area contributed by atoms with E-state index in [1.54, 1.807) is 18.8 Å². The van der Waals surface area contributed by atoms with Gasteiger partial charge in [0.25, 0.3) is 0 Å². The fourth-order valence-electron chi connectivity index (χ4n) is 1.97. The minimum Gasteiger partial charge on any atom is -0.496 e. The highest BCUT2D eigenvalue weighted by Gasteiger charge is 2.15. The van der Waals surface area contributed by atoms with Gasteiger partial charge >= 0.3 is 0 Å². The molecule has 0 unspecified atom stereocenters. The quantitative estimate of drug-likeness (QED) is 0.901. The summed E-state index contributed by atoms with van der Waals surface area (Å²) in [5.74, 6) is 2.02. The van der Waals surface area contributed by atoms with E-state index in [1.165, 1.54) is 0 Å². The van der Waals surface area contributed by atoms with E-state index in [0.29, 0.717) is 5.95 Å². The zero-order valence-electron chi connectivity index (χ0n) is 11.0. The zero-order valence-corrected chi connectivity index (χ0v) is 11.0. The van der Waals surface area contributed by atoms with Crippen LogP contribution in [0.1, 0.15) is 5.56 Å². The first kappa shape index (κ1) is 12.3. The molecule has 1 aromatic carbocycles. The van der Waals surface area contributed by atoms with Crippen molar-refractivity contribution < 1.29 is 9.47 Å². The number of imidazole rings is 1. The molecule has 2 aromatic rings. The molecule has 0 atom stereocenters. The fraction of sp³-hybridized carbons (Fsp3) is 0.308. The summed E-state index contributed by atoms with van der Waals surface area (Å²) in [6.45, 7) is 1.95. The number of anilines is 1. The van der Waals surface area contributed by atoms with Crippen LogP contribution < -0.4 is 15.2 Å². The van der Waals surface area contributed by atoms with Crippen molar-refractivity contribution in [3.05, 3.63) is 23.9 Å². The Morgan fingerprint density at radius 1 is 1.22 bits per heavy atom. The summed E-state index contributed by atoms with van der Waals surface area (Å²) in [5, 5.41) is 0. The number of hydrogen-bond donors (Lipinski definition) is 1. The number of aryl methyl sites for hydroxylation is 1. The first-order chi connectivity index (χ1) is 8.58. The number of nitrogens with two attached hydrogens (primary N) is 1. The topological polar surface area (TPSA) is 62.3 Å². The van der Waals surface area contributed by atoms with E-state index in [4.69, 9.17) is 15.2 Å². The monoisotopic (exact) mass is 247 g/mol. The Kier molecular flexibility index (Phi) is 3.14. The van der Waals surface area contributed by atoms with Crippen LogP contribution in [0.2, 0.25) is 0 Å². The zero-order chi connectivity index (χ0) is 13.3. The largest absolute Gasteiger partial charge is 0.496 e. The lowest BCUT2D eigenvalue weighted by Crippen LogP contribution is -1.95. The molecular weight excluding hydrogens is 230 g/mol. The Morgan fingerprint density at radius 2 is 1.94 bits per heavy atom. The standard InChI is InChI=1S/C13H17N3O2/c1-8-11(17-3)6-5-9(12(8)18-4)10-7-16(2)13(14)15-10/h5-7H,1-4H3,(H2,14,15). The van der Waals surface area contributed by atoms with Crippen LogP contribution in [-0.4, -0.2) is 23.8 Å². The lowest BCUT2D eigenvalue weighted by atomic mass is 10.1. The first-order valence-electron chi connectivity index (χ1n) is 5.59. The van der Waals surface area contributed by atoms with Crippen LogP contribution in [0.4, 0.5) is 5.95 Å². The van der Waals surface area contributed by atoms with Gasteiger partial charge in [-0.2, -0.15) is 0 Å². The van der Waals surface area contributed by atoms with Gasteiger partial charge in [-0.3, -0.25) is 0 Å². The molecule has 1 heterocycles. The van der Waals surface area contributed by atoms with Gasteiger partial charge in [0.1, 0.15) is 11.5 Å². The van der Waals surface area contributed by atoms with Crippen LogP contribution in [0.15, 0.2) is 18.3 Å². The highest BCUT2D eigenvalue weighted by atomic mass is 16.5. The molecule has 5 heteroatoms. The van der Waals surface area contributed by atoms with Crippen molar-refractivity contribution in [1.29, 1.82) is 0 Å². The van der Waals surface area contributed by atoms with Gasteiger partial charge in [-0.05, 0) is 19.1 Å². The Morgan fingerprint density at radius 3 is 2.44 bits per heavy atom. The second kappa shape index (κ2) is 4.60. The van der Waals surface area contributed by atoms with Gasteiger partial charge in [0, 0.05) is 24.4 Å². The predicted octanol–water partition coefficient (Wildman–Crippen LogP) is 1.99. The predicted molar refractivity (Wildman–Crippen MR) is 70.9 cm³/mol. The maximum absolute atomic E-state index is 5.75. The number of aromatic nitrogens is 2. The highest BCUT2D eigenvalue weighted by Crippen LogP contribution is 2.37. The number of hydrogen-bond acceptors (Lipinski definition) is 4. The third-order valence-corrected chi connectivity index (χ3v) is 2.97. The summed E-state index contributed by atoms with van der Waals surface area (Å²) < 4.78 is 12.5. The Bertz CT molecular complexity index is 556. The molecular formula is C13H17N3O2. The van der Waals surface area contributed by atoms with Gasteiger partial charge in [0.15, 0.2) is 5.95 Å². The fourth-order valence-corrected chi connectivity index (χ4v) is 1.97. The molecule has 0 aliphatic heterocycles. The molecule has 0 radical (unpaired) electrons. The van der Waals surface area contributed by atoms with Crippen LogP contribution in [0.25, 0.3) is 11.3 Å². The SMILES string of the molecule is COc1ccc(-c2cn(C)c(N)n2)c(OC)c1C. The van der Waals surface area contributed by atoms with Crippen molar-refractivity contribution in [3.8, 4) is 22.8 Å². The Balaban J connectivity index is 2.61. The summed E-state index contributed by atoms with van der Waals surface area (Å²) in [5.41, 5.74) is 8.39. The maximum atomic E-state index is 5.75. The van der Waals surface area contributed by atoms with Crippen molar-refractivity contribution in [3.63, 3.8) is 0 Å². The van der Waals surface area contributed by atoms with Crippen molar-refractivity contribution in [2.45, 2.75) is 6.92 Å². The molecule has 18 heavy (non-hydrogen) atoms. The molecule has 96 valence electrons. The number of methoxy groups -OCH3 is 2. The van der Waals surface area contributed by atoms with Gasteiger partial charge in [-0.25, -0.2) is 4.98 Å². The van der Waals surface area contributed by atoms with Crippen LogP contribution >= 0.6 is 0 Å². The van der Waals surface area contributed by atoms with Gasteiger partial charge in [0.2, 0.25) is 0 Å². The van der Waals surface area contributed by atoms with E-state index in [2.05, 4.69) is 4.98 Å². The van der Waals surface area contributed by atoms with Crippen molar-refractivity contribution in [2.24, 2.45) is 7.05 Å². The average molecular weight is 247 g/mol. The summed E-state index contributed by atoms with van der Waals surface area (Å²) in [6, 6.07) is 3.82. The van der Waals surface area contributed by atoms with Gasteiger partial charge < -0.3 is 19.8 Å². The Labute approximate surface area is 106 Å². The average Bonchev–Trinajstić information content (AvgIpc) is 2.69. The van der Waals surface area contributed by atoms with E-state index in [-0.39, 0.29) is 0 Å². The molecule has 2 rings (SSSR count). The molecule has 5 nitrogen and oxygen atoms in total. The smallest absolute Gasteiger partial charge is 0.200 e. The summed E-state index contributed by atoms with van der Waals surface area (Å²) in [7, 11) is 5.13. The van der Waals surface area contributed by atoms with Gasteiger partial charge in [0.05, 0.1) is 19.9 Å². The molecule has 0 fully saturated rings. The van der Waals surface area contributed by atoms with E-state index in [0.717, 1.165) is 28.3 Å². The lowest BCUT2D eigenvalue weighted by Gasteiger charge is -2.13. The molecule has 0 amide bonds. The lowest BCUT2D eigenvalue weighted by molar-refractivity contribution is 0.390. The van der Waals surface area contributed by atoms with Crippen LogP contribution in [-0.2, 0) is 7.05 Å². The normalized spacial score (nSPS) is 10.4. The van der Waals surface area contributed by atoms with E-state index in [9.17, 15) is 0 Å². The number of benzene rings is 1. The second-order valence-corrected chi connectivity index (χ2v) is 4.07. The second-order valence-electron chi connectivity index (χ2n) is 4.07. The molecule has 0 saturated heterocycles. The first-order valence-corrected chi connectivity index (χ1v) is 5.59. The third-order valence-electron chi connectivity index (χ3n) is 2.97. The molecule has 2 N–H and O–H groups in total. The summed E-state index contributed by atoms with van der Waals surface area (Å²) >= 11 is 0. The molecule has 0 spiro atoms. The van der Waals surface area contributed by atoms with Crippen LogP contribution in [0, 0.1) is 6.92 Å². The minimum absolute atomic E-state index is 0.473. The molecule has 1 aromatic heterocycles. The van der Waals surface area contributed by atoms with Crippen LogP contribution in [0.3, 0.4) is 0 Å². The molecule has 0 aliphatic carbocycles. The number of nitrogens with zero attached hydrogens (tertiary/aromatic N) is 2. The van der Waals surface area contributed by atoms with E-state index < -0.39 is 0 Å². The summed E-state index contributed by atoms with van der Waals surface area (Å²) in [4.78, 5) is 4.31. The van der Waals surface area contributed by atoms with Gasteiger partial charge in [-0.15, -0.1) is 0 Å². The number of rotatable bonds is 3. The van der Waals surface area contributed by atoms with Crippen molar-refractivity contribution >= 4 is 5.95 Å². The van der Waals surface area contributed by atoms with Gasteiger partial charge in [-0.1, -0.05) is 0 Å². The third kappa shape index (κ3) is 1.88. The highest BCUT2D eigenvalue weighted by molar-refractivity contribution is 5.72. The van der Waals surface area contributed by atoms with Crippen molar-refractivity contribution in [2.75, 3.05) is 20.0 Å². The van der Waals surface area contributed by atoms with E-state index in [1.807, 2.05) is 32.3 Å². The number of nitrogen functional groups attached to an aromatic ring is 1. The minimum atomic E-state index is 0.473. The molecule has 0 bridgehead atoms. The Hall–Kier alpha value is -2.17. The summed E-state index contributed by atoms with van der Waals surface area (Å²) in [6.07, 6.45) is 1.87.